The molecular formula is C17H20N2O4S2. The third-order valence-electron chi connectivity index (χ3n) is 4.25. The number of Topliss-reactive ketones (excluding diaryl/α,β-unsaturated/α-hetero) is 1. The second-order valence-corrected chi connectivity index (χ2v) is 9.62. The molecule has 0 radical (unpaired) electrons. The molecule has 0 N–H and O–H groups in total. The quantitative estimate of drug-likeness (QED) is 0.562. The largest absolute Gasteiger partial charge is 0.416 e. The van der Waals surface area contributed by atoms with Crippen molar-refractivity contribution in [1.82, 2.24) is 10.2 Å². The van der Waals surface area contributed by atoms with E-state index in [1.165, 1.54) is 11.8 Å². The van der Waals surface area contributed by atoms with E-state index >= 15 is 0 Å². The van der Waals surface area contributed by atoms with Crippen LogP contribution in [0.25, 0.3) is 0 Å². The molecule has 0 unspecified atom stereocenters. The van der Waals surface area contributed by atoms with Gasteiger partial charge in [-0.05, 0) is 31.7 Å². The number of rotatable bonds is 6. The number of ketones is 1. The lowest BCUT2D eigenvalue weighted by Crippen LogP contribution is -2.07. The van der Waals surface area contributed by atoms with E-state index in [1.807, 2.05) is 32.0 Å². The minimum atomic E-state index is -2.91. The lowest BCUT2D eigenvalue weighted by atomic mass is 10.0. The summed E-state index contributed by atoms with van der Waals surface area (Å²) in [7, 11) is -2.91. The highest BCUT2D eigenvalue weighted by Crippen LogP contribution is 2.24. The number of aromatic nitrogens is 2. The molecule has 1 fully saturated rings. The second-order valence-electron chi connectivity index (χ2n) is 6.47. The Bertz CT molecular complexity index is 890. The fourth-order valence-electron chi connectivity index (χ4n) is 2.99. The summed E-state index contributed by atoms with van der Waals surface area (Å²) >= 11 is 1.21. The molecular weight excluding hydrogens is 360 g/mol. The molecule has 0 aliphatic carbocycles. The lowest BCUT2D eigenvalue weighted by Gasteiger charge is -2.04. The Kier molecular flexibility index (Phi) is 5.29. The van der Waals surface area contributed by atoms with Gasteiger partial charge in [0.25, 0.3) is 5.22 Å². The number of hydrogen-bond donors (Lipinski definition) is 0. The standard InChI is InChI=1S/C17H20N2O4S2/c1-11-3-4-14(12(2)7-11)15(20)9-24-17-19-18-16(23-17)8-13-5-6-25(21,22)10-13/h3-4,7,13H,5-6,8-10H2,1-2H3/t13-/m0/s1. The van der Waals surface area contributed by atoms with Crippen LogP contribution >= 0.6 is 11.8 Å². The van der Waals surface area contributed by atoms with Crippen LogP contribution < -0.4 is 0 Å². The Balaban J connectivity index is 1.56. The second kappa shape index (κ2) is 7.29. The normalized spacial score (nSPS) is 19.2. The molecule has 134 valence electrons. The summed E-state index contributed by atoms with van der Waals surface area (Å²) in [6.45, 7) is 3.91. The summed E-state index contributed by atoms with van der Waals surface area (Å²) in [5.74, 6) is 1.14. The first-order valence-corrected chi connectivity index (χ1v) is 10.9. The fourth-order valence-corrected chi connectivity index (χ4v) is 5.52. The predicted molar refractivity (Wildman–Crippen MR) is 95.7 cm³/mol. The van der Waals surface area contributed by atoms with E-state index in [9.17, 15) is 13.2 Å². The van der Waals surface area contributed by atoms with E-state index in [0.717, 1.165) is 11.1 Å². The van der Waals surface area contributed by atoms with Gasteiger partial charge in [-0.3, -0.25) is 4.79 Å². The minimum absolute atomic E-state index is 0.0177. The van der Waals surface area contributed by atoms with Crippen LogP contribution in [0.2, 0.25) is 0 Å². The smallest absolute Gasteiger partial charge is 0.277 e. The number of carbonyl (C=O) groups excluding carboxylic acids is 1. The summed E-state index contributed by atoms with van der Waals surface area (Å²) in [4.78, 5) is 12.3. The molecule has 1 saturated heterocycles. The Hall–Kier alpha value is -1.67. The first-order valence-electron chi connectivity index (χ1n) is 8.08. The van der Waals surface area contributed by atoms with Crippen molar-refractivity contribution in [2.24, 2.45) is 5.92 Å². The fraction of sp³-hybridized carbons (Fsp3) is 0.471. The molecule has 1 aliphatic rings. The number of aryl methyl sites for hydroxylation is 2. The summed E-state index contributed by atoms with van der Waals surface area (Å²) in [5.41, 5.74) is 2.78. The van der Waals surface area contributed by atoms with E-state index in [0.29, 0.717) is 29.5 Å². The zero-order chi connectivity index (χ0) is 18.0. The van der Waals surface area contributed by atoms with Gasteiger partial charge in [-0.1, -0.05) is 35.5 Å². The molecule has 2 aromatic rings. The molecule has 6 nitrogen and oxygen atoms in total. The lowest BCUT2D eigenvalue weighted by molar-refractivity contribution is 0.102. The summed E-state index contributed by atoms with van der Waals surface area (Å²) in [6.07, 6.45) is 1.11. The van der Waals surface area contributed by atoms with Crippen LogP contribution in [0.3, 0.4) is 0 Å². The average molecular weight is 380 g/mol. The number of thioether (sulfide) groups is 1. The van der Waals surface area contributed by atoms with Crippen molar-refractivity contribution in [1.29, 1.82) is 0 Å². The highest BCUT2D eigenvalue weighted by atomic mass is 32.2. The summed E-state index contributed by atoms with van der Waals surface area (Å²) in [5, 5.41) is 8.25. The van der Waals surface area contributed by atoms with Gasteiger partial charge in [-0.2, -0.15) is 0 Å². The van der Waals surface area contributed by atoms with Gasteiger partial charge < -0.3 is 4.42 Å². The van der Waals surface area contributed by atoms with E-state index in [1.54, 1.807) is 0 Å². The average Bonchev–Trinajstić information content (AvgIpc) is 3.11. The van der Waals surface area contributed by atoms with E-state index in [4.69, 9.17) is 4.42 Å². The van der Waals surface area contributed by atoms with Gasteiger partial charge in [0.2, 0.25) is 5.89 Å². The van der Waals surface area contributed by atoms with Crippen molar-refractivity contribution >= 4 is 27.4 Å². The van der Waals surface area contributed by atoms with E-state index < -0.39 is 9.84 Å². The van der Waals surface area contributed by atoms with Crippen LogP contribution in [-0.4, -0.2) is 41.7 Å². The molecule has 0 saturated carbocycles. The third kappa shape index (κ3) is 4.70. The van der Waals surface area contributed by atoms with Gasteiger partial charge in [-0.25, -0.2) is 8.42 Å². The molecule has 1 aromatic heterocycles. The Morgan fingerprint density at radius 1 is 1.32 bits per heavy atom. The van der Waals surface area contributed by atoms with Crippen LogP contribution in [-0.2, 0) is 16.3 Å². The molecule has 25 heavy (non-hydrogen) atoms. The van der Waals surface area contributed by atoms with Gasteiger partial charge in [0.15, 0.2) is 15.6 Å². The van der Waals surface area contributed by atoms with Crippen LogP contribution in [0.1, 0.15) is 33.8 Å². The third-order valence-corrected chi connectivity index (χ3v) is 6.90. The molecule has 2 heterocycles. The number of benzene rings is 1. The van der Waals surface area contributed by atoms with Crippen molar-refractivity contribution < 1.29 is 17.6 Å². The highest BCUT2D eigenvalue weighted by Gasteiger charge is 2.29. The van der Waals surface area contributed by atoms with Crippen molar-refractivity contribution in [2.45, 2.75) is 31.9 Å². The van der Waals surface area contributed by atoms with Crippen LogP contribution in [0.5, 0.6) is 0 Å². The molecule has 0 spiro atoms. The Labute approximate surface area is 151 Å². The first kappa shape index (κ1) is 18.1. The van der Waals surface area contributed by atoms with Crippen LogP contribution in [0, 0.1) is 19.8 Å². The highest BCUT2D eigenvalue weighted by molar-refractivity contribution is 7.99. The SMILES string of the molecule is Cc1ccc(C(=O)CSc2nnc(C[C@@H]3CCS(=O)(=O)C3)o2)c(C)c1. The topological polar surface area (TPSA) is 90.1 Å². The summed E-state index contributed by atoms with van der Waals surface area (Å²) < 4.78 is 28.5. The van der Waals surface area contributed by atoms with Gasteiger partial charge in [0, 0.05) is 12.0 Å². The number of carbonyl (C=O) groups is 1. The maximum absolute atomic E-state index is 12.3. The van der Waals surface area contributed by atoms with Crippen LogP contribution in [0.4, 0.5) is 0 Å². The molecule has 3 rings (SSSR count). The zero-order valence-electron chi connectivity index (χ0n) is 14.2. The maximum Gasteiger partial charge on any atom is 0.277 e. The predicted octanol–water partition coefficient (Wildman–Crippen LogP) is 2.64. The molecule has 0 amide bonds. The minimum Gasteiger partial charge on any atom is -0.416 e. The van der Waals surface area contributed by atoms with Crippen molar-refractivity contribution in [3.63, 3.8) is 0 Å². The van der Waals surface area contributed by atoms with Crippen molar-refractivity contribution in [2.75, 3.05) is 17.3 Å². The number of sulfone groups is 1. The molecule has 1 atom stereocenters. The monoisotopic (exact) mass is 380 g/mol. The zero-order valence-corrected chi connectivity index (χ0v) is 15.8. The summed E-state index contributed by atoms with van der Waals surface area (Å²) in [6, 6.07) is 5.75. The molecule has 8 heteroatoms. The molecule has 1 aromatic carbocycles. The van der Waals surface area contributed by atoms with E-state index in [-0.39, 0.29) is 29.0 Å². The maximum atomic E-state index is 12.3. The molecule has 0 bridgehead atoms. The Morgan fingerprint density at radius 3 is 2.80 bits per heavy atom. The van der Waals surface area contributed by atoms with Gasteiger partial charge in [0.1, 0.15) is 0 Å². The first-order chi connectivity index (χ1) is 11.8. The van der Waals surface area contributed by atoms with E-state index in [2.05, 4.69) is 10.2 Å². The number of hydrogen-bond acceptors (Lipinski definition) is 7. The van der Waals surface area contributed by atoms with Gasteiger partial charge in [-0.15, -0.1) is 10.2 Å². The van der Waals surface area contributed by atoms with Crippen molar-refractivity contribution in [3.8, 4) is 0 Å². The van der Waals surface area contributed by atoms with Crippen molar-refractivity contribution in [3.05, 3.63) is 40.8 Å². The van der Waals surface area contributed by atoms with Gasteiger partial charge >= 0.3 is 0 Å². The molecule has 1 aliphatic heterocycles. The number of nitrogens with zero attached hydrogens (tertiary/aromatic N) is 2. The Morgan fingerprint density at radius 2 is 2.12 bits per heavy atom. The van der Waals surface area contributed by atoms with Gasteiger partial charge in [0.05, 0.1) is 17.3 Å². The van der Waals surface area contributed by atoms with Crippen LogP contribution in [0.15, 0.2) is 27.8 Å².